The molecule has 2 aromatic carbocycles. The van der Waals surface area contributed by atoms with Crippen LogP contribution in [-0.2, 0) is 0 Å². The van der Waals surface area contributed by atoms with Gasteiger partial charge >= 0.3 is 0 Å². The molecule has 0 aliphatic heterocycles. The minimum absolute atomic E-state index is 0.101. The summed E-state index contributed by atoms with van der Waals surface area (Å²) in [6.45, 7) is 2.50. The summed E-state index contributed by atoms with van der Waals surface area (Å²) in [7, 11) is 0. The van der Waals surface area contributed by atoms with E-state index in [0.29, 0.717) is 32.4 Å². The summed E-state index contributed by atoms with van der Waals surface area (Å²) in [5, 5.41) is 5.43. The van der Waals surface area contributed by atoms with Crippen LogP contribution in [0.15, 0.2) is 36.4 Å². The molecule has 0 radical (unpaired) electrons. The number of nitrogens with one attached hydrogen (secondary N) is 1. The van der Waals surface area contributed by atoms with Gasteiger partial charge < -0.3 is 10.1 Å². The minimum Gasteiger partial charge on any atom is -0.487 e. The SMILES string of the molecule is C[C@@H](CNc1ccc(Cl)cc1Cl)Oc1ccc(Cl)cc1Cl. The molecular formula is C15H13Cl4NO. The van der Waals surface area contributed by atoms with E-state index < -0.39 is 0 Å². The number of halogens is 4. The zero-order valence-electron chi connectivity index (χ0n) is 11.2. The highest BCUT2D eigenvalue weighted by atomic mass is 35.5. The Morgan fingerprint density at radius 3 is 2.19 bits per heavy atom. The number of hydrogen-bond acceptors (Lipinski definition) is 2. The Morgan fingerprint density at radius 2 is 1.57 bits per heavy atom. The molecule has 6 heteroatoms. The molecule has 0 spiro atoms. The van der Waals surface area contributed by atoms with Gasteiger partial charge in [-0.3, -0.25) is 0 Å². The van der Waals surface area contributed by atoms with Crippen LogP contribution in [0.3, 0.4) is 0 Å². The van der Waals surface area contributed by atoms with E-state index in [1.807, 2.05) is 13.0 Å². The fraction of sp³-hybridized carbons (Fsp3) is 0.200. The molecule has 2 rings (SSSR count). The van der Waals surface area contributed by atoms with Crippen LogP contribution >= 0.6 is 46.4 Å². The van der Waals surface area contributed by atoms with Crippen molar-refractivity contribution in [3.05, 3.63) is 56.5 Å². The normalized spacial score (nSPS) is 12.0. The predicted molar refractivity (Wildman–Crippen MR) is 91.5 cm³/mol. The first-order valence-electron chi connectivity index (χ1n) is 6.26. The van der Waals surface area contributed by atoms with Crippen molar-refractivity contribution < 1.29 is 4.74 Å². The third kappa shape index (κ3) is 4.86. The average Bonchev–Trinajstić information content (AvgIpc) is 2.41. The number of rotatable bonds is 5. The fourth-order valence-corrected chi connectivity index (χ4v) is 2.64. The summed E-state index contributed by atoms with van der Waals surface area (Å²) in [6.07, 6.45) is -0.101. The Bertz CT molecular complexity index is 633. The molecule has 1 N–H and O–H groups in total. The quantitative estimate of drug-likeness (QED) is 0.683. The summed E-state index contributed by atoms with van der Waals surface area (Å²) >= 11 is 23.9. The van der Waals surface area contributed by atoms with E-state index in [1.54, 1.807) is 30.3 Å². The Kier molecular flexibility index (Phi) is 5.88. The second kappa shape index (κ2) is 7.46. The van der Waals surface area contributed by atoms with Crippen LogP contribution in [0, 0.1) is 0 Å². The van der Waals surface area contributed by atoms with E-state index in [1.165, 1.54) is 0 Å². The van der Waals surface area contributed by atoms with Crippen LogP contribution in [0.1, 0.15) is 6.92 Å². The zero-order chi connectivity index (χ0) is 15.4. The molecule has 1 atom stereocenters. The van der Waals surface area contributed by atoms with Gasteiger partial charge in [-0.1, -0.05) is 46.4 Å². The van der Waals surface area contributed by atoms with Crippen molar-refractivity contribution >= 4 is 52.1 Å². The van der Waals surface area contributed by atoms with Crippen LogP contribution in [0.5, 0.6) is 5.75 Å². The maximum Gasteiger partial charge on any atom is 0.138 e. The van der Waals surface area contributed by atoms with Gasteiger partial charge in [0.2, 0.25) is 0 Å². The third-order valence-electron chi connectivity index (χ3n) is 2.73. The topological polar surface area (TPSA) is 21.3 Å². The highest BCUT2D eigenvalue weighted by molar-refractivity contribution is 6.36. The smallest absolute Gasteiger partial charge is 0.138 e. The van der Waals surface area contributed by atoms with Crippen molar-refractivity contribution in [3.63, 3.8) is 0 Å². The van der Waals surface area contributed by atoms with E-state index in [2.05, 4.69) is 5.32 Å². The summed E-state index contributed by atoms with van der Waals surface area (Å²) < 4.78 is 5.76. The van der Waals surface area contributed by atoms with Crippen LogP contribution in [0.2, 0.25) is 20.1 Å². The molecule has 0 aliphatic rings. The fourth-order valence-electron chi connectivity index (χ4n) is 1.72. The van der Waals surface area contributed by atoms with Crippen LogP contribution in [-0.4, -0.2) is 12.6 Å². The molecule has 2 aromatic rings. The molecule has 0 aromatic heterocycles. The number of ether oxygens (including phenoxy) is 1. The molecule has 21 heavy (non-hydrogen) atoms. The van der Waals surface area contributed by atoms with Crippen molar-refractivity contribution in [2.75, 3.05) is 11.9 Å². The Labute approximate surface area is 143 Å². The molecule has 2 nitrogen and oxygen atoms in total. The van der Waals surface area contributed by atoms with Crippen molar-refractivity contribution in [2.45, 2.75) is 13.0 Å². The summed E-state index contributed by atoms with van der Waals surface area (Å²) in [5.74, 6) is 0.595. The first-order valence-corrected chi connectivity index (χ1v) is 7.77. The van der Waals surface area contributed by atoms with Crippen molar-refractivity contribution in [1.82, 2.24) is 0 Å². The largest absolute Gasteiger partial charge is 0.487 e. The average molecular weight is 365 g/mol. The third-order valence-corrected chi connectivity index (χ3v) is 3.81. The molecule has 0 saturated heterocycles. The Morgan fingerprint density at radius 1 is 0.952 bits per heavy atom. The van der Waals surface area contributed by atoms with Gasteiger partial charge in [-0.15, -0.1) is 0 Å². The lowest BCUT2D eigenvalue weighted by Crippen LogP contribution is -2.22. The van der Waals surface area contributed by atoms with Gasteiger partial charge in [0.1, 0.15) is 11.9 Å². The van der Waals surface area contributed by atoms with Crippen molar-refractivity contribution in [1.29, 1.82) is 0 Å². The molecular weight excluding hydrogens is 352 g/mol. The summed E-state index contributed by atoms with van der Waals surface area (Å²) in [5.41, 5.74) is 0.804. The van der Waals surface area contributed by atoms with Crippen molar-refractivity contribution in [2.24, 2.45) is 0 Å². The lowest BCUT2D eigenvalue weighted by Gasteiger charge is -2.17. The van der Waals surface area contributed by atoms with Crippen LogP contribution in [0.25, 0.3) is 0 Å². The van der Waals surface area contributed by atoms with E-state index in [-0.39, 0.29) is 6.10 Å². The van der Waals surface area contributed by atoms with Crippen LogP contribution in [0.4, 0.5) is 5.69 Å². The molecule has 0 amide bonds. The molecule has 0 aliphatic carbocycles. The molecule has 0 heterocycles. The van der Waals surface area contributed by atoms with Gasteiger partial charge in [0, 0.05) is 10.0 Å². The van der Waals surface area contributed by atoms with E-state index >= 15 is 0 Å². The first kappa shape index (κ1) is 16.6. The second-order valence-corrected chi connectivity index (χ2v) is 6.20. The van der Waals surface area contributed by atoms with E-state index in [4.69, 9.17) is 51.1 Å². The lowest BCUT2D eigenvalue weighted by atomic mass is 10.3. The lowest BCUT2D eigenvalue weighted by molar-refractivity contribution is 0.235. The molecule has 0 unspecified atom stereocenters. The monoisotopic (exact) mass is 363 g/mol. The first-order chi connectivity index (χ1) is 9.95. The summed E-state index contributed by atoms with van der Waals surface area (Å²) in [4.78, 5) is 0. The van der Waals surface area contributed by atoms with Gasteiger partial charge in [-0.25, -0.2) is 0 Å². The highest BCUT2D eigenvalue weighted by Gasteiger charge is 2.09. The van der Waals surface area contributed by atoms with E-state index in [0.717, 1.165) is 5.69 Å². The molecule has 0 fully saturated rings. The Hall–Kier alpha value is -0.800. The summed E-state index contributed by atoms with van der Waals surface area (Å²) in [6, 6.07) is 10.4. The van der Waals surface area contributed by atoms with Gasteiger partial charge in [0.25, 0.3) is 0 Å². The van der Waals surface area contributed by atoms with Gasteiger partial charge in [-0.05, 0) is 43.3 Å². The molecule has 0 bridgehead atoms. The van der Waals surface area contributed by atoms with Gasteiger partial charge in [0.15, 0.2) is 0 Å². The zero-order valence-corrected chi connectivity index (χ0v) is 14.2. The maximum atomic E-state index is 6.09. The second-order valence-electron chi connectivity index (χ2n) is 4.51. The van der Waals surface area contributed by atoms with E-state index in [9.17, 15) is 0 Å². The maximum absolute atomic E-state index is 6.09. The predicted octanol–water partition coefficient (Wildman–Crippen LogP) is 6.18. The van der Waals surface area contributed by atoms with Crippen LogP contribution < -0.4 is 10.1 Å². The standard InChI is InChI=1S/C15H13Cl4NO/c1-9(21-15-5-3-11(17)7-13(15)19)8-20-14-4-2-10(16)6-12(14)18/h2-7,9,20H,8H2,1H3/t9-/m0/s1. The van der Waals surface area contributed by atoms with Gasteiger partial charge in [-0.2, -0.15) is 0 Å². The van der Waals surface area contributed by atoms with Crippen molar-refractivity contribution in [3.8, 4) is 5.75 Å². The number of hydrogen-bond donors (Lipinski definition) is 1. The molecule has 0 saturated carbocycles. The van der Waals surface area contributed by atoms with Gasteiger partial charge in [0.05, 0.1) is 22.3 Å². The Balaban J connectivity index is 1.94. The highest BCUT2D eigenvalue weighted by Crippen LogP contribution is 2.29. The number of benzene rings is 2. The molecule has 112 valence electrons. The minimum atomic E-state index is -0.101. The number of anilines is 1.